The first kappa shape index (κ1) is 15.7. The summed E-state index contributed by atoms with van der Waals surface area (Å²) in [5.41, 5.74) is -0.560. The molecule has 4 nitrogen and oxygen atoms in total. The largest absolute Gasteiger partial charge is 1.00 e. The first-order valence-electron chi connectivity index (χ1n) is 4.69. The van der Waals surface area contributed by atoms with Crippen LogP contribution >= 0.6 is 0 Å². The number of esters is 1. The van der Waals surface area contributed by atoms with Crippen LogP contribution in [-0.4, -0.2) is 29.7 Å². The van der Waals surface area contributed by atoms with Crippen molar-refractivity contribution < 1.29 is 73.9 Å². The Morgan fingerprint density at radius 1 is 1.39 bits per heavy atom. The van der Waals surface area contributed by atoms with Gasteiger partial charge in [-0.1, -0.05) is 12.1 Å². The van der Waals surface area contributed by atoms with Gasteiger partial charge in [0.2, 0.25) is 0 Å². The van der Waals surface area contributed by atoms with Crippen molar-refractivity contribution in [3.63, 3.8) is 0 Å². The zero-order valence-electron chi connectivity index (χ0n) is 9.73. The van der Waals surface area contributed by atoms with E-state index < -0.39 is 18.4 Å². The minimum atomic E-state index is -5.06. The monoisotopic (exact) mass is 282 g/mol. The van der Waals surface area contributed by atoms with Crippen LogP contribution in [0.15, 0.2) is 24.4 Å². The molecule has 2 aromatic rings. The summed E-state index contributed by atoms with van der Waals surface area (Å²) in [5.74, 6) is -0.687. The van der Waals surface area contributed by atoms with Gasteiger partial charge in [0.1, 0.15) is 0 Å². The van der Waals surface area contributed by atoms with Gasteiger partial charge < -0.3 is 17.7 Å². The maximum absolute atomic E-state index is 12.5. The molecule has 2 heterocycles. The Kier molecular flexibility index (Phi) is 5.01. The standard InChI is InChI=1S/C9H7BF3N2O2.K/c1-17-9(16)8-5-7-4-6(10(11,12)13)2-3-15(7)14-8;/h2-5H,1H3;/q-1;+1. The molecular weight excluding hydrogens is 275 g/mol. The third-order valence-electron chi connectivity index (χ3n) is 2.26. The van der Waals surface area contributed by atoms with Crippen molar-refractivity contribution in [2.75, 3.05) is 7.11 Å². The number of halogens is 3. The number of nitrogens with zero attached hydrogens (tertiary/aromatic N) is 2. The van der Waals surface area contributed by atoms with Gasteiger partial charge >= 0.3 is 64.3 Å². The van der Waals surface area contributed by atoms with Gasteiger partial charge in [0.15, 0.2) is 5.69 Å². The summed E-state index contributed by atoms with van der Waals surface area (Å²) in [6, 6.07) is 3.11. The number of fused-ring (bicyclic) bond motifs is 1. The normalized spacial score (nSPS) is 11.1. The summed E-state index contributed by atoms with van der Waals surface area (Å²) >= 11 is 0. The first-order chi connectivity index (χ1) is 7.91. The number of aromatic nitrogens is 2. The third-order valence-corrected chi connectivity index (χ3v) is 2.26. The van der Waals surface area contributed by atoms with Crippen LogP contribution in [0.2, 0.25) is 0 Å². The van der Waals surface area contributed by atoms with E-state index in [9.17, 15) is 17.7 Å². The molecule has 18 heavy (non-hydrogen) atoms. The summed E-state index contributed by atoms with van der Waals surface area (Å²) in [6.45, 7) is -5.06. The molecule has 0 unspecified atom stereocenters. The van der Waals surface area contributed by atoms with Gasteiger partial charge in [-0.3, -0.25) is 0 Å². The van der Waals surface area contributed by atoms with E-state index in [0.29, 0.717) is 0 Å². The second kappa shape index (κ2) is 5.74. The predicted octanol–water partition coefficient (Wildman–Crippen LogP) is -1.82. The maximum atomic E-state index is 12.5. The molecule has 0 fully saturated rings. The second-order valence-electron chi connectivity index (χ2n) is 3.43. The molecule has 90 valence electrons. The van der Waals surface area contributed by atoms with Gasteiger partial charge in [-0.25, -0.2) is 9.31 Å². The molecule has 2 rings (SSSR count). The molecule has 0 aliphatic rings. The van der Waals surface area contributed by atoms with E-state index in [-0.39, 0.29) is 62.6 Å². The number of rotatable bonds is 2. The third kappa shape index (κ3) is 3.15. The van der Waals surface area contributed by atoms with E-state index in [2.05, 4.69) is 9.84 Å². The molecular formula is C9H7BF3KN2O2. The summed E-state index contributed by atoms with van der Waals surface area (Å²) < 4.78 is 43.1. The number of hydrogen-bond acceptors (Lipinski definition) is 3. The minimum absolute atomic E-state index is 0. The van der Waals surface area contributed by atoms with Crippen LogP contribution in [0.5, 0.6) is 0 Å². The van der Waals surface area contributed by atoms with Crippen LogP contribution in [0.1, 0.15) is 10.5 Å². The quantitative estimate of drug-likeness (QED) is 0.481. The van der Waals surface area contributed by atoms with E-state index in [0.717, 1.165) is 18.3 Å². The average Bonchev–Trinajstić information content (AvgIpc) is 2.69. The van der Waals surface area contributed by atoms with Crippen molar-refractivity contribution in [3.8, 4) is 0 Å². The fourth-order valence-corrected chi connectivity index (χ4v) is 1.42. The van der Waals surface area contributed by atoms with Gasteiger partial charge in [0.25, 0.3) is 0 Å². The van der Waals surface area contributed by atoms with E-state index >= 15 is 0 Å². The van der Waals surface area contributed by atoms with Gasteiger partial charge in [-0.05, 0) is 6.07 Å². The van der Waals surface area contributed by atoms with E-state index in [4.69, 9.17) is 0 Å². The molecule has 0 aromatic carbocycles. The molecule has 0 atom stereocenters. The number of carbonyl (C=O) groups excluding carboxylic acids is 1. The number of hydrogen-bond donors (Lipinski definition) is 0. The second-order valence-corrected chi connectivity index (χ2v) is 3.43. The fourth-order valence-electron chi connectivity index (χ4n) is 1.42. The van der Waals surface area contributed by atoms with Crippen molar-refractivity contribution in [2.24, 2.45) is 0 Å². The van der Waals surface area contributed by atoms with Crippen LogP contribution < -0.4 is 56.8 Å². The van der Waals surface area contributed by atoms with Crippen LogP contribution in [0.4, 0.5) is 12.9 Å². The van der Waals surface area contributed by atoms with Crippen LogP contribution in [0, 0.1) is 0 Å². The molecule has 0 aliphatic carbocycles. The zero-order valence-corrected chi connectivity index (χ0v) is 12.9. The Hall–Kier alpha value is -0.349. The van der Waals surface area contributed by atoms with Crippen molar-refractivity contribution in [3.05, 3.63) is 30.1 Å². The Bertz CT molecular complexity index is 585. The topological polar surface area (TPSA) is 43.6 Å². The molecule has 0 N–H and O–H groups in total. The predicted molar refractivity (Wildman–Crippen MR) is 55.2 cm³/mol. The number of carbonyl (C=O) groups is 1. The summed E-state index contributed by atoms with van der Waals surface area (Å²) in [7, 11) is 1.18. The van der Waals surface area contributed by atoms with Crippen molar-refractivity contribution in [1.82, 2.24) is 9.61 Å². The minimum Gasteiger partial charge on any atom is -0.464 e. The Morgan fingerprint density at radius 3 is 2.61 bits per heavy atom. The summed E-state index contributed by atoms with van der Waals surface area (Å²) in [5, 5.41) is 3.79. The van der Waals surface area contributed by atoms with E-state index in [1.807, 2.05) is 0 Å². The molecule has 0 spiro atoms. The van der Waals surface area contributed by atoms with Gasteiger partial charge in [0.05, 0.1) is 12.6 Å². The van der Waals surface area contributed by atoms with E-state index in [1.165, 1.54) is 17.7 Å². The molecule has 9 heteroatoms. The smallest absolute Gasteiger partial charge is 0.464 e. The van der Waals surface area contributed by atoms with Crippen molar-refractivity contribution >= 4 is 23.9 Å². The van der Waals surface area contributed by atoms with Gasteiger partial charge in [-0.15, -0.1) is 5.46 Å². The van der Waals surface area contributed by atoms with Crippen LogP contribution in [0.3, 0.4) is 0 Å². The van der Waals surface area contributed by atoms with Crippen molar-refractivity contribution in [2.45, 2.75) is 0 Å². The molecule has 2 aromatic heterocycles. The molecule has 0 saturated carbocycles. The molecule has 0 radical (unpaired) electrons. The first-order valence-corrected chi connectivity index (χ1v) is 4.69. The number of ether oxygens (including phenoxy) is 1. The molecule has 0 bridgehead atoms. The van der Waals surface area contributed by atoms with Crippen LogP contribution in [0.25, 0.3) is 5.52 Å². The Balaban J connectivity index is 0.00000162. The molecule has 0 saturated heterocycles. The maximum Gasteiger partial charge on any atom is 1.00 e. The molecule has 0 aliphatic heterocycles. The fraction of sp³-hybridized carbons (Fsp3) is 0.111. The average molecular weight is 282 g/mol. The SMILES string of the molecule is COC(=O)c1cc2cc([B-](F)(F)F)ccn2n1.[K+]. The number of pyridine rings is 1. The van der Waals surface area contributed by atoms with Gasteiger partial charge in [0, 0.05) is 6.20 Å². The Labute approximate surface area is 143 Å². The number of methoxy groups -OCH3 is 1. The van der Waals surface area contributed by atoms with Crippen molar-refractivity contribution in [1.29, 1.82) is 0 Å². The summed E-state index contributed by atoms with van der Waals surface area (Å²) in [6.07, 6.45) is 1.16. The Morgan fingerprint density at radius 2 is 2.06 bits per heavy atom. The van der Waals surface area contributed by atoms with E-state index in [1.54, 1.807) is 0 Å². The zero-order chi connectivity index (χ0) is 12.6. The molecule has 0 amide bonds. The summed E-state index contributed by atoms with van der Waals surface area (Å²) in [4.78, 5) is 11.1. The van der Waals surface area contributed by atoms with Crippen LogP contribution in [-0.2, 0) is 4.74 Å². The van der Waals surface area contributed by atoms with Gasteiger partial charge in [-0.2, -0.15) is 5.10 Å².